The van der Waals surface area contributed by atoms with Crippen LogP contribution in [0.2, 0.25) is 0 Å². The highest BCUT2D eigenvalue weighted by molar-refractivity contribution is 5.81. The van der Waals surface area contributed by atoms with Crippen LogP contribution in [0.3, 0.4) is 0 Å². The Kier molecular flexibility index (Phi) is 7.74. The quantitative estimate of drug-likeness (QED) is 0.343. The lowest BCUT2D eigenvalue weighted by Gasteiger charge is -2.35. The van der Waals surface area contributed by atoms with Gasteiger partial charge in [-0.1, -0.05) is 103 Å². The van der Waals surface area contributed by atoms with Crippen molar-refractivity contribution in [2.45, 2.75) is 43.4 Å². The minimum absolute atomic E-state index is 0.0409. The molecule has 6 rings (SSSR count). The van der Waals surface area contributed by atoms with E-state index < -0.39 is 0 Å². The largest absolute Gasteiger partial charge is 0.341 e. The van der Waals surface area contributed by atoms with Gasteiger partial charge in [0.25, 0.3) is 0 Å². The van der Waals surface area contributed by atoms with Crippen molar-refractivity contribution in [1.82, 2.24) is 9.80 Å². The highest BCUT2D eigenvalue weighted by Crippen LogP contribution is 2.39. The van der Waals surface area contributed by atoms with Crippen molar-refractivity contribution in [3.05, 3.63) is 120 Å². The highest BCUT2D eigenvalue weighted by atomic mass is 16.2. The van der Waals surface area contributed by atoms with E-state index in [9.17, 15) is 4.79 Å². The van der Waals surface area contributed by atoms with E-state index in [1.165, 1.54) is 29.5 Å². The van der Waals surface area contributed by atoms with E-state index in [4.69, 9.17) is 0 Å². The summed E-state index contributed by atoms with van der Waals surface area (Å²) < 4.78 is 0. The van der Waals surface area contributed by atoms with Crippen molar-refractivity contribution in [3.63, 3.8) is 0 Å². The molecule has 1 aliphatic carbocycles. The van der Waals surface area contributed by atoms with Crippen LogP contribution in [0.25, 0.3) is 0 Å². The molecular weight excluding hydrogens is 464 g/mol. The Morgan fingerprint density at radius 3 is 1.97 bits per heavy atom. The fourth-order valence-electron chi connectivity index (χ4n) is 7.18. The molecule has 0 N–H and O–H groups in total. The molecule has 0 saturated carbocycles. The smallest absolute Gasteiger partial charge is 0.226 e. The number of benzene rings is 3. The van der Waals surface area contributed by atoms with Crippen LogP contribution in [-0.4, -0.2) is 48.4 Å². The van der Waals surface area contributed by atoms with E-state index >= 15 is 0 Å². The SMILES string of the molecule is O=C([C@H]1CCC=C[C@H]1c1ccccc1)N1C[C@H](CN2CCC(c3ccccc3)CC2)[C@@H](c2ccccc2)C1. The predicted octanol–water partition coefficient (Wildman–Crippen LogP) is 6.86. The third-order valence-electron chi connectivity index (χ3n) is 9.25. The Hall–Kier alpha value is -3.17. The van der Waals surface area contributed by atoms with Crippen LogP contribution in [0.4, 0.5) is 0 Å². The first-order valence-electron chi connectivity index (χ1n) is 14.6. The van der Waals surface area contributed by atoms with Crippen molar-refractivity contribution in [2.75, 3.05) is 32.7 Å². The summed E-state index contributed by atoms with van der Waals surface area (Å²) in [5, 5.41) is 0. The summed E-state index contributed by atoms with van der Waals surface area (Å²) >= 11 is 0. The average molecular weight is 505 g/mol. The van der Waals surface area contributed by atoms with Crippen LogP contribution >= 0.6 is 0 Å². The van der Waals surface area contributed by atoms with Crippen molar-refractivity contribution in [3.8, 4) is 0 Å². The second kappa shape index (κ2) is 11.7. The molecule has 4 atom stereocenters. The van der Waals surface area contributed by atoms with Crippen molar-refractivity contribution in [2.24, 2.45) is 11.8 Å². The molecule has 196 valence electrons. The maximum absolute atomic E-state index is 14.1. The number of piperidine rings is 1. The topological polar surface area (TPSA) is 23.6 Å². The zero-order chi connectivity index (χ0) is 25.7. The first-order valence-corrected chi connectivity index (χ1v) is 14.6. The summed E-state index contributed by atoms with van der Waals surface area (Å²) in [4.78, 5) is 19.0. The Labute approximate surface area is 228 Å². The standard InChI is InChI=1S/C35H40N2O/c38-35(33-19-11-10-18-32(33)29-14-6-2-7-15-29)37-25-31(34(26-37)30-16-8-3-9-17-30)24-36-22-20-28(21-23-36)27-12-4-1-5-13-27/h1-10,12-18,28,31-34H,11,19-26H2/t31-,32-,33-,34+/m0/s1. The van der Waals surface area contributed by atoms with Gasteiger partial charge in [0.15, 0.2) is 0 Å². The average Bonchev–Trinajstić information content (AvgIpc) is 3.42. The molecule has 1 amide bonds. The van der Waals surface area contributed by atoms with E-state index in [-0.39, 0.29) is 11.8 Å². The fraction of sp³-hybridized carbons (Fsp3) is 0.400. The molecule has 38 heavy (non-hydrogen) atoms. The molecule has 0 unspecified atom stereocenters. The van der Waals surface area contributed by atoms with Crippen LogP contribution in [0.15, 0.2) is 103 Å². The Balaban J connectivity index is 1.16. The van der Waals surface area contributed by atoms with Crippen LogP contribution in [0.5, 0.6) is 0 Å². The summed E-state index contributed by atoms with van der Waals surface area (Å²) in [7, 11) is 0. The van der Waals surface area contributed by atoms with Crippen LogP contribution < -0.4 is 0 Å². The predicted molar refractivity (Wildman–Crippen MR) is 155 cm³/mol. The monoisotopic (exact) mass is 504 g/mol. The number of rotatable bonds is 6. The molecule has 0 aromatic heterocycles. The first kappa shape index (κ1) is 25.1. The first-order chi connectivity index (χ1) is 18.8. The number of hydrogen-bond donors (Lipinski definition) is 0. The molecule has 3 heteroatoms. The molecule has 3 aromatic carbocycles. The second-order valence-corrected chi connectivity index (χ2v) is 11.6. The third kappa shape index (κ3) is 5.49. The fourth-order valence-corrected chi connectivity index (χ4v) is 7.18. The van der Waals surface area contributed by atoms with Gasteiger partial charge >= 0.3 is 0 Å². The molecule has 0 bridgehead atoms. The van der Waals surface area contributed by atoms with Crippen molar-refractivity contribution >= 4 is 5.91 Å². The maximum atomic E-state index is 14.1. The maximum Gasteiger partial charge on any atom is 0.226 e. The molecule has 3 nitrogen and oxygen atoms in total. The van der Waals surface area contributed by atoms with Gasteiger partial charge in [0.05, 0.1) is 0 Å². The number of carbonyl (C=O) groups is 1. The van der Waals surface area contributed by atoms with E-state index in [1.807, 2.05) is 0 Å². The van der Waals surface area contributed by atoms with E-state index in [1.54, 1.807) is 0 Å². The van der Waals surface area contributed by atoms with Gasteiger partial charge < -0.3 is 9.80 Å². The van der Waals surface area contributed by atoms with Gasteiger partial charge in [-0.05, 0) is 67.3 Å². The summed E-state index contributed by atoms with van der Waals surface area (Å²) in [5.74, 6) is 2.14. The lowest BCUT2D eigenvalue weighted by atomic mass is 9.79. The molecule has 2 saturated heterocycles. The van der Waals surface area contributed by atoms with Gasteiger partial charge in [0.2, 0.25) is 5.91 Å². The van der Waals surface area contributed by atoms with Crippen molar-refractivity contribution < 1.29 is 4.79 Å². The summed E-state index contributed by atoms with van der Waals surface area (Å²) in [5.41, 5.74) is 4.13. The second-order valence-electron chi connectivity index (χ2n) is 11.6. The number of hydrogen-bond acceptors (Lipinski definition) is 2. The number of carbonyl (C=O) groups excluding carboxylic acids is 1. The molecule has 3 aliphatic rings. The molecule has 3 aromatic rings. The number of amides is 1. The van der Waals surface area contributed by atoms with E-state index in [0.29, 0.717) is 23.7 Å². The normalized spacial score (nSPS) is 26.5. The van der Waals surface area contributed by atoms with Gasteiger partial charge in [-0.2, -0.15) is 0 Å². The Bertz CT molecular complexity index is 1200. The minimum atomic E-state index is 0.0409. The van der Waals surface area contributed by atoms with Gasteiger partial charge in [-0.25, -0.2) is 0 Å². The van der Waals surface area contributed by atoms with Crippen LogP contribution in [0, 0.1) is 11.8 Å². The van der Waals surface area contributed by atoms with Gasteiger partial charge in [0.1, 0.15) is 0 Å². The lowest BCUT2D eigenvalue weighted by molar-refractivity contribution is -0.135. The summed E-state index contributed by atoms with van der Waals surface area (Å²) in [6.07, 6.45) is 8.93. The Morgan fingerprint density at radius 2 is 1.32 bits per heavy atom. The van der Waals surface area contributed by atoms with E-state index in [2.05, 4.69) is 113 Å². The molecular formula is C35H40N2O. The Morgan fingerprint density at radius 1 is 0.711 bits per heavy atom. The number of nitrogens with zero attached hydrogens (tertiary/aromatic N) is 2. The van der Waals surface area contributed by atoms with Gasteiger partial charge in [-0.3, -0.25) is 4.79 Å². The summed E-state index contributed by atoms with van der Waals surface area (Å²) in [6, 6.07) is 32.6. The summed E-state index contributed by atoms with van der Waals surface area (Å²) in [6.45, 7) is 5.09. The zero-order valence-electron chi connectivity index (χ0n) is 22.4. The molecule has 0 spiro atoms. The van der Waals surface area contributed by atoms with Crippen molar-refractivity contribution in [1.29, 1.82) is 0 Å². The van der Waals surface area contributed by atoms with E-state index in [0.717, 1.165) is 45.6 Å². The highest BCUT2D eigenvalue weighted by Gasteiger charge is 2.41. The molecule has 2 fully saturated rings. The molecule has 2 aliphatic heterocycles. The zero-order valence-corrected chi connectivity index (χ0v) is 22.4. The third-order valence-corrected chi connectivity index (χ3v) is 9.25. The van der Waals surface area contributed by atoms with Gasteiger partial charge in [-0.15, -0.1) is 0 Å². The molecule has 0 radical (unpaired) electrons. The number of allylic oxidation sites excluding steroid dienone is 2. The van der Waals surface area contributed by atoms with Gasteiger partial charge in [0, 0.05) is 37.4 Å². The van der Waals surface area contributed by atoms with Crippen LogP contribution in [0.1, 0.15) is 60.1 Å². The molecule has 2 heterocycles. The lowest BCUT2D eigenvalue weighted by Crippen LogP contribution is -2.40. The minimum Gasteiger partial charge on any atom is -0.341 e. The number of likely N-dealkylation sites (tertiary alicyclic amines) is 2. The van der Waals surface area contributed by atoms with Crippen LogP contribution in [-0.2, 0) is 4.79 Å².